The second kappa shape index (κ2) is 10.5. The van der Waals surface area contributed by atoms with E-state index in [2.05, 4.69) is 43.7 Å². The zero-order valence-corrected chi connectivity index (χ0v) is 19.8. The zero-order valence-electron chi connectivity index (χ0n) is 18.3. The molecule has 3 heterocycles. The van der Waals surface area contributed by atoms with Gasteiger partial charge < -0.3 is 4.90 Å². The van der Waals surface area contributed by atoms with Gasteiger partial charge in [0, 0.05) is 63.1 Å². The molecular weight excluding hydrogens is 459 g/mol. The van der Waals surface area contributed by atoms with Crippen LogP contribution in [0.15, 0.2) is 48.7 Å². The summed E-state index contributed by atoms with van der Waals surface area (Å²) in [7, 11) is 0. The van der Waals surface area contributed by atoms with Crippen molar-refractivity contribution >= 4 is 34.9 Å². The number of rotatable bonds is 5. The molecule has 1 amide bonds. The number of likely N-dealkylation sites (tertiary alicyclic amines) is 1. The standard InChI is InChI=1S/C24H26Cl2N6O/c1-17-14-30(15-18-2-4-20(25)5-3-18)7-6-22(17)31-8-10-32(11-9-31)23-21(26)12-19(13-28-23)24(33)29-16-27/h2-5,12-13,22H,1,6-11,14-15H2,(H,29,33)/t22-/m1/s1. The van der Waals surface area contributed by atoms with Gasteiger partial charge in [-0.2, -0.15) is 5.26 Å². The number of piperazine rings is 1. The average Bonchev–Trinajstić information content (AvgIpc) is 2.81. The van der Waals surface area contributed by atoms with Crippen LogP contribution in [0.5, 0.6) is 0 Å². The van der Waals surface area contributed by atoms with Crippen LogP contribution in [0.2, 0.25) is 10.0 Å². The normalized spacial score (nSPS) is 19.8. The number of hydrogen-bond donors (Lipinski definition) is 1. The maximum absolute atomic E-state index is 11.8. The molecule has 1 aromatic heterocycles. The van der Waals surface area contributed by atoms with Crippen LogP contribution >= 0.6 is 23.2 Å². The molecule has 33 heavy (non-hydrogen) atoms. The Morgan fingerprint density at radius 2 is 1.91 bits per heavy atom. The maximum atomic E-state index is 11.8. The first-order chi connectivity index (χ1) is 15.9. The summed E-state index contributed by atoms with van der Waals surface area (Å²) in [6.07, 6.45) is 4.14. The van der Waals surface area contributed by atoms with Crippen LogP contribution in [0.1, 0.15) is 22.3 Å². The number of pyridine rings is 1. The fourth-order valence-corrected chi connectivity index (χ4v) is 4.97. The van der Waals surface area contributed by atoms with Gasteiger partial charge >= 0.3 is 0 Å². The molecule has 4 rings (SSSR count). The summed E-state index contributed by atoms with van der Waals surface area (Å²) in [5, 5.41) is 11.9. The Kier molecular flexibility index (Phi) is 7.51. The van der Waals surface area contributed by atoms with Crippen LogP contribution in [-0.4, -0.2) is 66.0 Å². The van der Waals surface area contributed by atoms with Crippen molar-refractivity contribution in [1.29, 1.82) is 5.26 Å². The van der Waals surface area contributed by atoms with E-state index in [1.165, 1.54) is 17.3 Å². The van der Waals surface area contributed by atoms with Crippen molar-refractivity contribution in [1.82, 2.24) is 20.1 Å². The summed E-state index contributed by atoms with van der Waals surface area (Å²) in [4.78, 5) is 23.3. The molecule has 172 valence electrons. The van der Waals surface area contributed by atoms with E-state index in [0.717, 1.165) is 57.3 Å². The number of amides is 1. The summed E-state index contributed by atoms with van der Waals surface area (Å²) in [5.41, 5.74) is 2.79. The molecule has 2 aliphatic rings. The molecule has 1 aromatic carbocycles. The van der Waals surface area contributed by atoms with Gasteiger partial charge in [-0.25, -0.2) is 4.98 Å². The van der Waals surface area contributed by atoms with Crippen LogP contribution < -0.4 is 10.2 Å². The van der Waals surface area contributed by atoms with E-state index < -0.39 is 5.91 Å². The fourth-order valence-electron chi connectivity index (χ4n) is 4.56. The molecule has 2 saturated heterocycles. The molecule has 2 fully saturated rings. The van der Waals surface area contributed by atoms with Gasteiger partial charge in [-0.05, 0) is 35.8 Å². The number of carbonyl (C=O) groups excluding carboxylic acids is 1. The van der Waals surface area contributed by atoms with Crippen molar-refractivity contribution in [3.05, 3.63) is 69.9 Å². The number of nitriles is 1. The second-order valence-corrected chi connectivity index (χ2v) is 9.26. The van der Waals surface area contributed by atoms with Crippen molar-refractivity contribution in [2.45, 2.75) is 19.0 Å². The number of piperidine rings is 1. The van der Waals surface area contributed by atoms with Crippen molar-refractivity contribution in [3.8, 4) is 6.19 Å². The monoisotopic (exact) mass is 484 g/mol. The van der Waals surface area contributed by atoms with Gasteiger partial charge in [-0.15, -0.1) is 0 Å². The summed E-state index contributed by atoms with van der Waals surface area (Å²) in [6, 6.07) is 9.98. The fraction of sp³-hybridized carbons (Fsp3) is 0.375. The Labute approximate surface area is 204 Å². The molecule has 7 nitrogen and oxygen atoms in total. The molecule has 0 radical (unpaired) electrons. The van der Waals surface area contributed by atoms with E-state index in [9.17, 15) is 4.79 Å². The molecule has 9 heteroatoms. The molecule has 2 aromatic rings. The third-order valence-electron chi connectivity index (χ3n) is 6.24. The van der Waals surface area contributed by atoms with Gasteiger partial charge in [0.25, 0.3) is 5.91 Å². The first-order valence-corrected chi connectivity index (χ1v) is 11.7. The molecule has 1 N–H and O–H groups in total. The lowest BCUT2D eigenvalue weighted by molar-refractivity contribution is 0.0972. The maximum Gasteiger partial charge on any atom is 0.265 e. The lowest BCUT2D eigenvalue weighted by atomic mass is 9.97. The van der Waals surface area contributed by atoms with Gasteiger partial charge in [0.1, 0.15) is 5.82 Å². The summed E-state index contributed by atoms with van der Waals surface area (Å²) >= 11 is 12.4. The van der Waals surface area contributed by atoms with E-state index in [-0.39, 0.29) is 5.56 Å². The first-order valence-electron chi connectivity index (χ1n) is 10.9. The van der Waals surface area contributed by atoms with Gasteiger partial charge in [-0.1, -0.05) is 41.9 Å². The first kappa shape index (κ1) is 23.5. The minimum absolute atomic E-state index is 0.269. The number of benzene rings is 1. The molecular formula is C24H26Cl2N6O. The van der Waals surface area contributed by atoms with E-state index in [1.807, 2.05) is 12.1 Å². The van der Waals surface area contributed by atoms with E-state index >= 15 is 0 Å². The van der Waals surface area contributed by atoms with E-state index in [0.29, 0.717) is 16.9 Å². The molecule has 0 spiro atoms. The second-order valence-electron chi connectivity index (χ2n) is 8.42. The number of anilines is 1. The van der Waals surface area contributed by atoms with Gasteiger partial charge in [0.05, 0.1) is 10.6 Å². The predicted molar refractivity (Wildman–Crippen MR) is 130 cm³/mol. The Morgan fingerprint density at radius 1 is 1.18 bits per heavy atom. The molecule has 0 saturated carbocycles. The minimum Gasteiger partial charge on any atom is -0.353 e. The predicted octanol–water partition coefficient (Wildman–Crippen LogP) is 3.55. The smallest absolute Gasteiger partial charge is 0.265 e. The van der Waals surface area contributed by atoms with Gasteiger partial charge in [0.15, 0.2) is 6.19 Å². The third-order valence-corrected chi connectivity index (χ3v) is 6.77. The highest BCUT2D eigenvalue weighted by atomic mass is 35.5. The van der Waals surface area contributed by atoms with Crippen molar-refractivity contribution < 1.29 is 4.79 Å². The van der Waals surface area contributed by atoms with Crippen LogP contribution in [0.25, 0.3) is 0 Å². The number of hydrogen-bond acceptors (Lipinski definition) is 6. The third kappa shape index (κ3) is 5.66. The molecule has 0 bridgehead atoms. The Hall–Kier alpha value is -2.63. The molecule has 0 aliphatic carbocycles. The summed E-state index contributed by atoms with van der Waals surface area (Å²) < 4.78 is 0. The van der Waals surface area contributed by atoms with E-state index in [4.69, 9.17) is 28.5 Å². The van der Waals surface area contributed by atoms with Crippen LogP contribution in [0.4, 0.5) is 5.82 Å². The van der Waals surface area contributed by atoms with Gasteiger partial charge in [0.2, 0.25) is 0 Å². The SMILES string of the molecule is C=C1CN(Cc2ccc(Cl)cc2)CC[C@H]1N1CCN(c2ncc(C(=O)NC#N)cc2Cl)CC1. The van der Waals surface area contributed by atoms with Crippen LogP contribution in [-0.2, 0) is 6.54 Å². The Balaban J connectivity index is 1.30. The highest BCUT2D eigenvalue weighted by molar-refractivity contribution is 6.33. The topological polar surface area (TPSA) is 75.5 Å². The quantitative estimate of drug-likeness (QED) is 0.397. The number of nitrogens with one attached hydrogen (secondary N) is 1. The number of nitrogens with zero attached hydrogens (tertiary/aromatic N) is 5. The highest BCUT2D eigenvalue weighted by Gasteiger charge is 2.30. The van der Waals surface area contributed by atoms with Crippen LogP contribution in [0.3, 0.4) is 0 Å². The Bertz CT molecular complexity index is 1060. The van der Waals surface area contributed by atoms with E-state index in [1.54, 1.807) is 12.3 Å². The summed E-state index contributed by atoms with van der Waals surface area (Å²) in [5.74, 6) is 0.158. The molecule has 1 atom stereocenters. The largest absolute Gasteiger partial charge is 0.353 e. The average molecular weight is 485 g/mol. The molecule has 0 unspecified atom stereocenters. The number of carbonyl (C=O) groups is 1. The Morgan fingerprint density at radius 3 is 2.55 bits per heavy atom. The van der Waals surface area contributed by atoms with Crippen LogP contribution in [0, 0.1) is 11.5 Å². The molecule has 2 aliphatic heterocycles. The van der Waals surface area contributed by atoms with Crippen molar-refractivity contribution in [3.63, 3.8) is 0 Å². The lowest BCUT2D eigenvalue weighted by Crippen LogP contribution is -2.54. The van der Waals surface area contributed by atoms with Crippen molar-refractivity contribution in [2.24, 2.45) is 0 Å². The van der Waals surface area contributed by atoms with Gasteiger partial charge in [-0.3, -0.25) is 19.9 Å². The minimum atomic E-state index is -0.510. The number of halogens is 2. The highest BCUT2D eigenvalue weighted by Crippen LogP contribution is 2.28. The summed E-state index contributed by atoms with van der Waals surface area (Å²) in [6.45, 7) is 10.6. The van der Waals surface area contributed by atoms with Crippen molar-refractivity contribution in [2.75, 3.05) is 44.2 Å². The zero-order chi connectivity index (χ0) is 23.4. The number of aromatic nitrogens is 1. The lowest BCUT2D eigenvalue weighted by Gasteiger charge is -2.44.